The van der Waals surface area contributed by atoms with Crippen LogP contribution in [0.2, 0.25) is 0 Å². The molecule has 0 rings (SSSR count). The Labute approximate surface area is 110 Å². The summed E-state index contributed by atoms with van der Waals surface area (Å²) in [5.74, 6) is 6.61. The lowest BCUT2D eigenvalue weighted by Gasteiger charge is -2.15. The second-order valence-corrected chi connectivity index (χ2v) is 4.67. The third-order valence-corrected chi connectivity index (χ3v) is 2.28. The van der Waals surface area contributed by atoms with Gasteiger partial charge in [-0.2, -0.15) is 0 Å². The Morgan fingerprint density at radius 1 is 1.28 bits per heavy atom. The molecule has 0 aromatic rings. The van der Waals surface area contributed by atoms with Gasteiger partial charge in [0.1, 0.15) is 0 Å². The Balaban J connectivity index is 3.70. The second-order valence-electron chi connectivity index (χ2n) is 4.67. The number of hydrogen-bond acceptors (Lipinski definition) is 4. The summed E-state index contributed by atoms with van der Waals surface area (Å²) in [5.41, 5.74) is 2.53. The van der Waals surface area contributed by atoms with Crippen molar-refractivity contribution in [3.63, 3.8) is 0 Å². The van der Waals surface area contributed by atoms with Gasteiger partial charge in [-0.05, 0) is 19.3 Å². The van der Waals surface area contributed by atoms with Crippen LogP contribution in [0.4, 0.5) is 0 Å². The molecule has 1 unspecified atom stereocenters. The molecule has 0 aliphatic rings. The predicted octanol–water partition coefficient (Wildman–Crippen LogP) is 0.493. The van der Waals surface area contributed by atoms with Gasteiger partial charge in [0, 0.05) is 19.8 Å². The monoisotopic (exact) mass is 260 g/mol. The zero-order valence-electron chi connectivity index (χ0n) is 12.0. The molecule has 0 bridgehead atoms. The molecule has 0 saturated heterocycles. The summed E-state index contributed by atoms with van der Waals surface area (Å²) in [5, 5.41) is 3.11. The van der Waals surface area contributed by atoms with Crippen molar-refractivity contribution in [2.45, 2.75) is 33.2 Å². The van der Waals surface area contributed by atoms with E-state index in [0.717, 1.165) is 13.0 Å². The van der Waals surface area contributed by atoms with Gasteiger partial charge in [0.05, 0.1) is 19.8 Å². The van der Waals surface area contributed by atoms with E-state index in [0.29, 0.717) is 31.6 Å². The maximum absolute atomic E-state index is 5.46. The zero-order chi connectivity index (χ0) is 13.8. The van der Waals surface area contributed by atoms with Crippen LogP contribution in [-0.2, 0) is 9.47 Å². The van der Waals surface area contributed by atoms with Gasteiger partial charge in [-0.25, -0.2) is 10.8 Å². The Bertz CT molecular complexity index is 222. The average molecular weight is 260 g/mol. The summed E-state index contributed by atoms with van der Waals surface area (Å²) >= 11 is 0. The highest BCUT2D eigenvalue weighted by Gasteiger charge is 2.03. The molecule has 0 heterocycles. The molecule has 0 aliphatic heterocycles. The number of aliphatic imine (C=N–C) groups is 1. The Kier molecular flexibility index (Phi) is 10.7. The molecule has 0 aliphatic carbocycles. The molecule has 0 spiro atoms. The quantitative estimate of drug-likeness (QED) is 0.185. The fourth-order valence-electron chi connectivity index (χ4n) is 1.30. The number of nitrogens with zero attached hydrogens (tertiary/aromatic N) is 1. The van der Waals surface area contributed by atoms with E-state index in [-0.39, 0.29) is 6.04 Å². The first-order valence-corrected chi connectivity index (χ1v) is 6.44. The van der Waals surface area contributed by atoms with Crippen LogP contribution in [-0.4, -0.2) is 45.5 Å². The van der Waals surface area contributed by atoms with E-state index < -0.39 is 0 Å². The molecule has 0 aromatic carbocycles. The van der Waals surface area contributed by atoms with Crippen molar-refractivity contribution < 1.29 is 9.47 Å². The Morgan fingerprint density at radius 3 is 2.56 bits per heavy atom. The van der Waals surface area contributed by atoms with E-state index in [2.05, 4.69) is 29.6 Å². The highest BCUT2D eigenvalue weighted by molar-refractivity contribution is 5.79. The molecule has 0 radical (unpaired) electrons. The third-order valence-electron chi connectivity index (χ3n) is 2.28. The van der Waals surface area contributed by atoms with Crippen molar-refractivity contribution in [3.8, 4) is 0 Å². The molecule has 0 amide bonds. The number of hydrogen-bond donors (Lipinski definition) is 3. The normalized spacial score (nSPS) is 13.8. The zero-order valence-corrected chi connectivity index (χ0v) is 12.0. The van der Waals surface area contributed by atoms with Crippen LogP contribution in [0, 0.1) is 5.92 Å². The standard InChI is InChI=1S/C12H28N4O2/c1-10(2)5-7-18-8-6-14-12(16-13)15-11(3)9-17-4/h10-11H,5-9,13H2,1-4H3,(H2,14,15,16). The van der Waals surface area contributed by atoms with E-state index in [1.807, 2.05) is 6.92 Å². The number of rotatable bonds is 9. The van der Waals surface area contributed by atoms with Gasteiger partial charge in [-0.3, -0.25) is 5.43 Å². The van der Waals surface area contributed by atoms with E-state index in [1.165, 1.54) is 0 Å². The van der Waals surface area contributed by atoms with E-state index in [9.17, 15) is 0 Å². The number of nitrogens with one attached hydrogen (secondary N) is 2. The number of nitrogens with two attached hydrogens (primary N) is 1. The van der Waals surface area contributed by atoms with Gasteiger partial charge in [0.15, 0.2) is 0 Å². The fourth-order valence-corrected chi connectivity index (χ4v) is 1.30. The molecule has 0 aromatic heterocycles. The highest BCUT2D eigenvalue weighted by Crippen LogP contribution is 1.98. The first-order valence-electron chi connectivity index (χ1n) is 6.44. The van der Waals surface area contributed by atoms with Crippen molar-refractivity contribution in [1.29, 1.82) is 0 Å². The van der Waals surface area contributed by atoms with Gasteiger partial charge in [0.2, 0.25) is 5.96 Å². The molecular weight excluding hydrogens is 232 g/mol. The summed E-state index contributed by atoms with van der Waals surface area (Å²) in [6.07, 6.45) is 1.08. The summed E-state index contributed by atoms with van der Waals surface area (Å²) in [6.45, 7) is 8.94. The van der Waals surface area contributed by atoms with E-state index in [4.69, 9.17) is 15.3 Å². The number of guanidine groups is 1. The lowest BCUT2D eigenvalue weighted by atomic mass is 10.1. The third kappa shape index (κ3) is 10.3. The smallest absolute Gasteiger partial charge is 0.206 e. The first-order chi connectivity index (χ1) is 8.60. The summed E-state index contributed by atoms with van der Waals surface area (Å²) < 4.78 is 10.5. The molecule has 6 nitrogen and oxygen atoms in total. The minimum Gasteiger partial charge on any atom is -0.383 e. The maximum Gasteiger partial charge on any atom is 0.206 e. The summed E-state index contributed by atoms with van der Waals surface area (Å²) in [7, 11) is 1.66. The lowest BCUT2D eigenvalue weighted by Crippen LogP contribution is -2.47. The van der Waals surface area contributed by atoms with Crippen molar-refractivity contribution in [1.82, 2.24) is 10.7 Å². The molecular formula is C12H28N4O2. The molecule has 0 saturated carbocycles. The lowest BCUT2D eigenvalue weighted by molar-refractivity contribution is 0.130. The number of ether oxygens (including phenoxy) is 2. The van der Waals surface area contributed by atoms with Crippen LogP contribution in [0.3, 0.4) is 0 Å². The Morgan fingerprint density at radius 2 is 2.00 bits per heavy atom. The van der Waals surface area contributed by atoms with Crippen molar-refractivity contribution in [3.05, 3.63) is 0 Å². The maximum atomic E-state index is 5.46. The molecule has 18 heavy (non-hydrogen) atoms. The van der Waals surface area contributed by atoms with Gasteiger partial charge >= 0.3 is 0 Å². The Hall–Kier alpha value is -0.850. The van der Waals surface area contributed by atoms with Crippen LogP contribution in [0.1, 0.15) is 27.2 Å². The molecule has 1 atom stereocenters. The SMILES string of the molecule is COCC(C)NC(=NCCOCCC(C)C)NN. The van der Waals surface area contributed by atoms with Gasteiger partial charge in [0.25, 0.3) is 0 Å². The molecule has 0 fully saturated rings. The highest BCUT2D eigenvalue weighted by atomic mass is 16.5. The second kappa shape index (κ2) is 11.3. The van der Waals surface area contributed by atoms with Gasteiger partial charge in [-0.15, -0.1) is 0 Å². The topological polar surface area (TPSA) is 80.9 Å². The van der Waals surface area contributed by atoms with Gasteiger partial charge < -0.3 is 14.8 Å². The summed E-state index contributed by atoms with van der Waals surface area (Å²) in [6, 6.07) is 0.159. The van der Waals surface area contributed by atoms with Crippen LogP contribution in [0.5, 0.6) is 0 Å². The van der Waals surface area contributed by atoms with Crippen molar-refractivity contribution in [2.75, 3.05) is 33.5 Å². The van der Waals surface area contributed by atoms with Crippen LogP contribution < -0.4 is 16.6 Å². The van der Waals surface area contributed by atoms with E-state index in [1.54, 1.807) is 7.11 Å². The molecule has 108 valence electrons. The minimum atomic E-state index is 0.159. The van der Waals surface area contributed by atoms with Crippen LogP contribution in [0.15, 0.2) is 4.99 Å². The van der Waals surface area contributed by atoms with Gasteiger partial charge in [-0.1, -0.05) is 13.8 Å². The van der Waals surface area contributed by atoms with Crippen LogP contribution in [0.25, 0.3) is 0 Å². The largest absolute Gasteiger partial charge is 0.383 e. The predicted molar refractivity (Wildman–Crippen MR) is 74.4 cm³/mol. The first kappa shape index (κ1) is 17.2. The minimum absolute atomic E-state index is 0.159. The summed E-state index contributed by atoms with van der Waals surface area (Å²) in [4.78, 5) is 4.27. The molecule has 4 N–H and O–H groups in total. The van der Waals surface area contributed by atoms with E-state index >= 15 is 0 Å². The fraction of sp³-hybridized carbons (Fsp3) is 0.917. The number of hydrazine groups is 1. The average Bonchev–Trinajstić information content (AvgIpc) is 2.31. The number of methoxy groups -OCH3 is 1. The van der Waals surface area contributed by atoms with Crippen molar-refractivity contribution >= 4 is 5.96 Å². The van der Waals surface area contributed by atoms with Crippen LogP contribution >= 0.6 is 0 Å². The molecule has 6 heteroatoms. The van der Waals surface area contributed by atoms with Crippen molar-refractivity contribution in [2.24, 2.45) is 16.8 Å².